The molecule has 0 heterocycles. The summed E-state index contributed by atoms with van der Waals surface area (Å²) in [5, 5.41) is 9.04. The first-order valence-corrected chi connectivity index (χ1v) is 9.41. The molecule has 130 valence electrons. The van der Waals surface area contributed by atoms with Crippen LogP contribution in [0, 0.1) is 5.92 Å². The molecule has 0 radical (unpaired) electrons. The number of aliphatic carboxylic acids is 1. The van der Waals surface area contributed by atoms with Crippen molar-refractivity contribution in [2.45, 2.75) is 48.2 Å². The third-order valence-electron chi connectivity index (χ3n) is 4.54. The molecule has 0 spiro atoms. The minimum absolute atomic E-state index is 0.0356. The fourth-order valence-corrected chi connectivity index (χ4v) is 4.68. The first-order valence-electron chi connectivity index (χ1n) is 7.86. The third-order valence-corrected chi connectivity index (χ3v) is 6.82. The Hall–Kier alpha value is -1.76. The predicted molar refractivity (Wildman–Crippen MR) is 84.8 cm³/mol. The molecule has 4 nitrogen and oxygen atoms in total. The van der Waals surface area contributed by atoms with Crippen molar-refractivity contribution in [3.05, 3.63) is 35.9 Å². The number of hydrogen-bond donors (Lipinski definition) is 1. The summed E-state index contributed by atoms with van der Waals surface area (Å²) in [6.07, 6.45) is -0.515. The fraction of sp³-hybridized carbons (Fsp3) is 0.471. The number of benzene rings is 1. The zero-order chi connectivity index (χ0) is 17.5. The molecule has 2 fully saturated rings. The average Bonchev–Trinajstić information content (AvgIpc) is 3.33. The minimum atomic E-state index is -3.33. The van der Waals surface area contributed by atoms with Gasteiger partial charge in [-0.2, -0.15) is 0 Å². The van der Waals surface area contributed by atoms with Crippen LogP contribution in [-0.2, 0) is 14.6 Å². The molecular weight excluding hydrogens is 338 g/mol. The summed E-state index contributed by atoms with van der Waals surface area (Å²) in [6, 6.07) is 5.66. The molecule has 1 unspecified atom stereocenters. The monoisotopic (exact) mass is 356 g/mol. The van der Waals surface area contributed by atoms with E-state index in [1.807, 2.05) is 0 Å². The molecule has 0 aromatic heterocycles. The number of rotatable bonds is 5. The molecular formula is C17H18F2O4S. The van der Waals surface area contributed by atoms with Gasteiger partial charge in [-0.05, 0) is 49.3 Å². The van der Waals surface area contributed by atoms with Crippen LogP contribution in [0.1, 0.15) is 31.2 Å². The van der Waals surface area contributed by atoms with E-state index in [4.69, 9.17) is 0 Å². The molecule has 0 saturated heterocycles. The van der Waals surface area contributed by atoms with E-state index in [1.54, 1.807) is 0 Å². The van der Waals surface area contributed by atoms with Crippen molar-refractivity contribution in [3.8, 4) is 0 Å². The molecule has 0 bridgehead atoms. The quantitative estimate of drug-likeness (QED) is 0.823. The topological polar surface area (TPSA) is 71.4 Å². The smallest absolute Gasteiger partial charge is 0.335 e. The number of carbonyl (C=O) groups is 1. The number of halogens is 2. The van der Waals surface area contributed by atoms with Gasteiger partial charge in [-0.1, -0.05) is 18.2 Å². The lowest BCUT2D eigenvalue weighted by atomic mass is 9.99. The molecule has 2 aliphatic carbocycles. The van der Waals surface area contributed by atoms with Gasteiger partial charge in [0.25, 0.3) is 0 Å². The SMILES string of the molecule is O=C(O)C(=CC1C[C@@H](F)[C@@H](F)C1)c1ccc(S(=O)(=O)C2CC2)cc1. The predicted octanol–water partition coefficient (Wildman–Crippen LogP) is 3.18. The number of alkyl halides is 2. The average molecular weight is 356 g/mol. The van der Waals surface area contributed by atoms with Crippen LogP contribution >= 0.6 is 0 Å². The van der Waals surface area contributed by atoms with E-state index < -0.39 is 34.1 Å². The van der Waals surface area contributed by atoms with Crippen LogP contribution in [0.2, 0.25) is 0 Å². The molecule has 3 atom stereocenters. The summed E-state index contributed by atoms with van der Waals surface area (Å²) < 4.78 is 50.8. The van der Waals surface area contributed by atoms with Gasteiger partial charge >= 0.3 is 5.97 Å². The zero-order valence-corrected chi connectivity index (χ0v) is 13.7. The van der Waals surface area contributed by atoms with Gasteiger partial charge in [-0.3, -0.25) is 0 Å². The highest BCUT2D eigenvalue weighted by Crippen LogP contribution is 2.35. The summed E-state index contributed by atoms with van der Waals surface area (Å²) in [7, 11) is -3.33. The Morgan fingerprint density at radius 3 is 2.08 bits per heavy atom. The van der Waals surface area contributed by atoms with Crippen molar-refractivity contribution in [1.82, 2.24) is 0 Å². The van der Waals surface area contributed by atoms with E-state index >= 15 is 0 Å². The van der Waals surface area contributed by atoms with Crippen LogP contribution in [0.25, 0.3) is 5.57 Å². The maximum Gasteiger partial charge on any atom is 0.335 e. The fourth-order valence-electron chi connectivity index (χ4n) is 3.03. The van der Waals surface area contributed by atoms with Gasteiger partial charge in [0.1, 0.15) is 12.3 Å². The molecule has 2 aliphatic rings. The van der Waals surface area contributed by atoms with Crippen molar-refractivity contribution < 1.29 is 27.1 Å². The standard InChI is InChI=1S/C17H18F2O4S/c18-15-8-10(9-16(15)19)7-14(17(20)21)11-1-3-12(4-2-11)24(22,23)13-5-6-13/h1-4,7,10,13,15-16H,5-6,8-9H2,(H,20,21)/t10?,15-,16+. The van der Waals surface area contributed by atoms with E-state index in [9.17, 15) is 27.1 Å². The summed E-state index contributed by atoms with van der Waals surface area (Å²) in [5.74, 6) is -1.68. The van der Waals surface area contributed by atoms with Crippen molar-refractivity contribution in [2.24, 2.45) is 5.92 Å². The van der Waals surface area contributed by atoms with Crippen molar-refractivity contribution in [1.29, 1.82) is 0 Å². The molecule has 2 saturated carbocycles. The van der Waals surface area contributed by atoms with Crippen LogP contribution in [0.5, 0.6) is 0 Å². The summed E-state index contributed by atoms with van der Waals surface area (Å²) in [5.41, 5.74) is 0.270. The Bertz CT molecular complexity index is 756. The number of carboxylic acid groups (broad SMARTS) is 1. The van der Waals surface area contributed by atoms with E-state index in [1.165, 1.54) is 30.3 Å². The second kappa shape index (κ2) is 6.27. The zero-order valence-electron chi connectivity index (χ0n) is 12.9. The lowest BCUT2D eigenvalue weighted by molar-refractivity contribution is -0.130. The Morgan fingerprint density at radius 2 is 1.62 bits per heavy atom. The Labute approximate surface area is 139 Å². The third kappa shape index (κ3) is 3.36. The van der Waals surface area contributed by atoms with Gasteiger partial charge in [0, 0.05) is 0 Å². The molecule has 1 aromatic carbocycles. The largest absolute Gasteiger partial charge is 0.478 e. The number of carboxylic acids is 1. The Morgan fingerprint density at radius 1 is 1.08 bits per heavy atom. The molecule has 1 N–H and O–H groups in total. The van der Waals surface area contributed by atoms with Crippen molar-refractivity contribution in [3.63, 3.8) is 0 Å². The number of hydrogen-bond acceptors (Lipinski definition) is 3. The highest BCUT2D eigenvalue weighted by atomic mass is 32.2. The first kappa shape index (κ1) is 17.1. The number of allylic oxidation sites excluding steroid dienone is 1. The van der Waals surface area contributed by atoms with Gasteiger partial charge in [0.15, 0.2) is 9.84 Å². The Kier molecular flexibility index (Phi) is 4.46. The Balaban J connectivity index is 1.86. The lowest BCUT2D eigenvalue weighted by Gasteiger charge is -2.08. The van der Waals surface area contributed by atoms with Crippen molar-refractivity contribution >= 4 is 21.4 Å². The van der Waals surface area contributed by atoms with E-state index in [-0.39, 0.29) is 28.6 Å². The van der Waals surface area contributed by atoms with Crippen LogP contribution in [0.15, 0.2) is 35.2 Å². The summed E-state index contributed by atoms with van der Waals surface area (Å²) in [4.78, 5) is 11.6. The van der Waals surface area contributed by atoms with E-state index in [0.29, 0.717) is 18.4 Å². The normalized spacial score (nSPS) is 28.1. The molecule has 0 amide bonds. The lowest BCUT2D eigenvalue weighted by Crippen LogP contribution is -2.08. The molecule has 24 heavy (non-hydrogen) atoms. The second-order valence-electron chi connectivity index (χ2n) is 6.42. The maximum absolute atomic E-state index is 13.3. The van der Waals surface area contributed by atoms with Crippen LogP contribution in [0.3, 0.4) is 0 Å². The summed E-state index contributed by atoms with van der Waals surface area (Å²) >= 11 is 0. The van der Waals surface area contributed by atoms with Crippen LogP contribution in [-0.4, -0.2) is 37.1 Å². The maximum atomic E-state index is 13.3. The van der Waals surface area contributed by atoms with Gasteiger partial charge in [0.2, 0.25) is 0 Å². The van der Waals surface area contributed by atoms with Gasteiger partial charge in [-0.25, -0.2) is 22.0 Å². The van der Waals surface area contributed by atoms with Gasteiger partial charge in [-0.15, -0.1) is 0 Å². The van der Waals surface area contributed by atoms with Gasteiger partial charge < -0.3 is 5.11 Å². The van der Waals surface area contributed by atoms with Crippen LogP contribution in [0.4, 0.5) is 8.78 Å². The molecule has 7 heteroatoms. The van der Waals surface area contributed by atoms with E-state index in [2.05, 4.69) is 0 Å². The van der Waals surface area contributed by atoms with Crippen molar-refractivity contribution in [2.75, 3.05) is 0 Å². The number of sulfone groups is 1. The highest BCUT2D eigenvalue weighted by Gasteiger charge is 2.37. The van der Waals surface area contributed by atoms with Crippen LogP contribution < -0.4 is 0 Å². The molecule has 3 rings (SSSR count). The second-order valence-corrected chi connectivity index (χ2v) is 8.65. The summed E-state index contributed by atoms with van der Waals surface area (Å²) in [6.45, 7) is 0. The highest BCUT2D eigenvalue weighted by molar-refractivity contribution is 7.92. The first-order chi connectivity index (χ1) is 11.3. The van der Waals surface area contributed by atoms with E-state index in [0.717, 1.165) is 0 Å². The molecule has 0 aliphatic heterocycles. The minimum Gasteiger partial charge on any atom is -0.478 e. The van der Waals surface area contributed by atoms with Gasteiger partial charge in [0.05, 0.1) is 15.7 Å². The molecule has 1 aromatic rings.